The Bertz CT molecular complexity index is 1780. The SMILES string of the molecule is CC[C@@H]1CCN(C(=O)O[C@H]2/C=C/COC(C)(C)C(=O)NS(=O)(=O)c3ccc4c(c3)N(C[C@@H]3CC[C@H]32)C[C@@]2(CCCc3cc(Cl)ccc32)CO4)C1. The van der Waals surface area contributed by atoms with Gasteiger partial charge < -0.3 is 24.0 Å². The molecule has 7 rings (SSSR count). The van der Waals surface area contributed by atoms with Crippen LogP contribution in [0.3, 0.4) is 0 Å². The second kappa shape index (κ2) is 13.7. The van der Waals surface area contributed by atoms with Crippen LogP contribution in [-0.4, -0.2) is 76.4 Å². The third kappa shape index (κ3) is 6.85. The number of likely N-dealkylation sites (tertiary alicyclic amines) is 1. The molecule has 12 heteroatoms. The number of amides is 2. The van der Waals surface area contributed by atoms with Crippen molar-refractivity contribution >= 4 is 39.3 Å². The Morgan fingerprint density at radius 1 is 1.12 bits per heavy atom. The molecule has 2 aromatic carbocycles. The Hall–Kier alpha value is -3.28. The lowest BCUT2D eigenvalue weighted by molar-refractivity contribution is -0.139. The van der Waals surface area contributed by atoms with Crippen LogP contribution in [0.1, 0.15) is 70.4 Å². The molecular weight excluding hydrogens is 678 g/mol. The summed E-state index contributed by atoms with van der Waals surface area (Å²) in [5.74, 6) is 0.522. The monoisotopic (exact) mass is 725 g/mol. The maximum absolute atomic E-state index is 13.7. The molecule has 2 aromatic rings. The lowest BCUT2D eigenvalue weighted by Crippen LogP contribution is -2.50. The zero-order chi connectivity index (χ0) is 35.3. The number of carbonyl (C=O) groups is 2. The largest absolute Gasteiger partial charge is 0.490 e. The number of hydrogen-bond donors (Lipinski definition) is 1. The number of carbonyl (C=O) groups excluding carboxylic acids is 2. The first-order valence-electron chi connectivity index (χ1n) is 18.0. The van der Waals surface area contributed by atoms with E-state index in [-0.39, 0.29) is 34.8 Å². The summed E-state index contributed by atoms with van der Waals surface area (Å²) in [7, 11) is -4.23. The highest BCUT2D eigenvalue weighted by Crippen LogP contribution is 2.47. The van der Waals surface area contributed by atoms with Crippen LogP contribution in [-0.2, 0) is 36.1 Å². The molecule has 50 heavy (non-hydrogen) atoms. The summed E-state index contributed by atoms with van der Waals surface area (Å²) in [5, 5.41) is 0.708. The van der Waals surface area contributed by atoms with Gasteiger partial charge in [-0.05, 0) is 112 Å². The number of nitrogens with zero attached hydrogens (tertiary/aromatic N) is 2. The first-order chi connectivity index (χ1) is 23.9. The van der Waals surface area contributed by atoms with E-state index in [0.29, 0.717) is 55.2 Å². The van der Waals surface area contributed by atoms with Crippen LogP contribution in [0.2, 0.25) is 5.02 Å². The second-order valence-electron chi connectivity index (χ2n) is 15.3. The van der Waals surface area contributed by atoms with Gasteiger partial charge in [0.15, 0.2) is 0 Å². The maximum atomic E-state index is 13.7. The molecule has 2 amide bonds. The summed E-state index contributed by atoms with van der Waals surface area (Å²) in [4.78, 5) is 30.8. The van der Waals surface area contributed by atoms with Gasteiger partial charge in [0, 0.05) is 42.5 Å². The van der Waals surface area contributed by atoms with Gasteiger partial charge in [0.1, 0.15) is 17.5 Å². The van der Waals surface area contributed by atoms with E-state index in [1.807, 2.05) is 17.0 Å². The fourth-order valence-electron chi connectivity index (χ4n) is 8.41. The predicted octanol–water partition coefficient (Wildman–Crippen LogP) is 6.25. The molecule has 1 N–H and O–H groups in total. The highest BCUT2D eigenvalue weighted by atomic mass is 35.5. The highest BCUT2D eigenvalue weighted by molar-refractivity contribution is 7.90. The van der Waals surface area contributed by atoms with E-state index >= 15 is 0 Å². The van der Waals surface area contributed by atoms with Crippen molar-refractivity contribution in [2.24, 2.45) is 17.8 Å². The number of rotatable bonds is 2. The molecule has 2 fully saturated rings. The van der Waals surface area contributed by atoms with Crippen LogP contribution < -0.4 is 14.4 Å². The summed E-state index contributed by atoms with van der Waals surface area (Å²) in [6, 6.07) is 10.9. The molecule has 0 unspecified atom stereocenters. The molecular formula is C38H48ClN3O7S. The number of halogens is 1. The van der Waals surface area contributed by atoms with Crippen molar-refractivity contribution in [1.82, 2.24) is 9.62 Å². The Kier molecular flexibility index (Phi) is 9.62. The molecule has 3 heterocycles. The summed E-state index contributed by atoms with van der Waals surface area (Å²) in [5.41, 5.74) is 1.30. The van der Waals surface area contributed by atoms with Crippen molar-refractivity contribution in [1.29, 1.82) is 0 Å². The maximum Gasteiger partial charge on any atom is 0.410 e. The van der Waals surface area contributed by atoms with Gasteiger partial charge in [-0.2, -0.15) is 0 Å². The van der Waals surface area contributed by atoms with E-state index in [1.165, 1.54) is 31.0 Å². The quantitative estimate of drug-likeness (QED) is 0.362. The Labute approximate surface area is 300 Å². The van der Waals surface area contributed by atoms with Gasteiger partial charge in [-0.1, -0.05) is 37.1 Å². The molecule has 0 radical (unpaired) electrons. The van der Waals surface area contributed by atoms with Crippen LogP contribution in [0.25, 0.3) is 0 Å². The fraction of sp³-hybridized carbons (Fsp3) is 0.579. The predicted molar refractivity (Wildman–Crippen MR) is 191 cm³/mol. The van der Waals surface area contributed by atoms with Crippen LogP contribution in [0.4, 0.5) is 10.5 Å². The normalized spacial score (nSPS) is 30.9. The van der Waals surface area contributed by atoms with E-state index in [0.717, 1.165) is 44.9 Å². The van der Waals surface area contributed by atoms with E-state index < -0.39 is 27.6 Å². The molecule has 0 aromatic heterocycles. The minimum absolute atomic E-state index is 0.0271. The molecule has 3 aliphatic heterocycles. The minimum atomic E-state index is -4.23. The average molecular weight is 726 g/mol. The molecule has 1 saturated heterocycles. The summed E-state index contributed by atoms with van der Waals surface area (Å²) in [6.07, 6.45) is 9.56. The highest BCUT2D eigenvalue weighted by Gasteiger charge is 2.45. The van der Waals surface area contributed by atoms with Crippen molar-refractivity contribution in [2.45, 2.75) is 87.7 Å². The van der Waals surface area contributed by atoms with Gasteiger partial charge in [0.2, 0.25) is 0 Å². The third-order valence-electron chi connectivity index (χ3n) is 11.7. The van der Waals surface area contributed by atoms with E-state index in [9.17, 15) is 18.0 Å². The van der Waals surface area contributed by atoms with Gasteiger partial charge in [0.05, 0.1) is 23.8 Å². The van der Waals surface area contributed by atoms with Crippen molar-refractivity contribution in [3.8, 4) is 5.75 Å². The average Bonchev–Trinajstić information content (AvgIpc) is 3.50. The number of fused-ring (bicyclic) bond motifs is 4. The van der Waals surface area contributed by atoms with Gasteiger partial charge in [-0.25, -0.2) is 17.9 Å². The second-order valence-corrected chi connectivity index (χ2v) is 17.4. The zero-order valence-corrected chi connectivity index (χ0v) is 30.7. The van der Waals surface area contributed by atoms with Crippen molar-refractivity contribution in [2.75, 3.05) is 44.3 Å². The molecule has 2 bridgehead atoms. The summed E-state index contributed by atoms with van der Waals surface area (Å²) < 4.78 is 48.3. The fourth-order valence-corrected chi connectivity index (χ4v) is 9.72. The zero-order valence-electron chi connectivity index (χ0n) is 29.2. The Balaban J connectivity index is 1.27. The molecule has 1 spiro atoms. The molecule has 2 aliphatic carbocycles. The van der Waals surface area contributed by atoms with Crippen LogP contribution >= 0.6 is 11.6 Å². The van der Waals surface area contributed by atoms with Gasteiger partial charge in [-0.3, -0.25) is 4.79 Å². The lowest BCUT2D eigenvalue weighted by Gasteiger charge is -2.46. The van der Waals surface area contributed by atoms with Gasteiger partial charge in [0.25, 0.3) is 15.9 Å². The van der Waals surface area contributed by atoms with E-state index in [1.54, 1.807) is 18.2 Å². The standard InChI is InChI=1S/C38H48ClN3O7S/c1-4-25-15-17-41(21-25)36(44)49-33-8-6-18-48-37(2,3)35(43)40-50(45,46)29-11-14-34-32(20-29)42(22-27-9-12-30(27)33)23-38(24-47-34)16-5-7-26-19-28(39)10-13-31(26)38/h6,8,10-11,13-14,19-20,25,27,30,33H,4-5,7,9,12,15-18,21-24H2,1-3H3,(H,40,43)/b8-6+/t25-,27+,30-,33+,38+/m1/s1. The van der Waals surface area contributed by atoms with E-state index in [2.05, 4.69) is 28.7 Å². The number of hydrogen-bond acceptors (Lipinski definition) is 8. The first kappa shape index (κ1) is 35.1. The lowest BCUT2D eigenvalue weighted by atomic mass is 9.68. The van der Waals surface area contributed by atoms with Gasteiger partial charge >= 0.3 is 6.09 Å². The molecule has 1 saturated carbocycles. The number of anilines is 1. The van der Waals surface area contributed by atoms with Crippen LogP contribution in [0.5, 0.6) is 5.75 Å². The minimum Gasteiger partial charge on any atom is -0.490 e. The smallest absolute Gasteiger partial charge is 0.410 e. The number of benzene rings is 2. The van der Waals surface area contributed by atoms with E-state index in [4.69, 9.17) is 25.8 Å². The van der Waals surface area contributed by atoms with Crippen molar-refractivity contribution < 1.29 is 32.2 Å². The van der Waals surface area contributed by atoms with Crippen molar-refractivity contribution in [3.63, 3.8) is 0 Å². The third-order valence-corrected chi connectivity index (χ3v) is 13.2. The Morgan fingerprint density at radius 2 is 1.96 bits per heavy atom. The number of ether oxygens (including phenoxy) is 3. The summed E-state index contributed by atoms with van der Waals surface area (Å²) >= 11 is 6.44. The molecule has 5 aliphatic rings. The first-order valence-corrected chi connectivity index (χ1v) is 19.9. The molecule has 270 valence electrons. The van der Waals surface area contributed by atoms with Crippen LogP contribution in [0, 0.1) is 17.8 Å². The number of sulfonamides is 1. The van der Waals surface area contributed by atoms with Crippen molar-refractivity contribution in [3.05, 3.63) is 64.7 Å². The molecule has 10 nitrogen and oxygen atoms in total. The van der Waals surface area contributed by atoms with Crippen LogP contribution in [0.15, 0.2) is 53.4 Å². The Morgan fingerprint density at radius 3 is 2.72 bits per heavy atom. The van der Waals surface area contributed by atoms with Gasteiger partial charge in [-0.15, -0.1) is 0 Å². The molecule has 5 atom stereocenters. The number of nitrogens with one attached hydrogen (secondary N) is 1. The number of aryl methyl sites for hydroxylation is 1. The topological polar surface area (TPSA) is 114 Å². The summed E-state index contributed by atoms with van der Waals surface area (Å²) in [6.45, 7) is 8.33.